The fraction of sp³-hybridized carbons (Fsp3) is 0.263. The molecule has 2 rings (SSSR count). The molecule has 0 aliphatic rings. The first kappa shape index (κ1) is 18.4. The lowest BCUT2D eigenvalue weighted by Crippen LogP contribution is -2.39. The molecular formula is C19H22FN3O2. The van der Waals surface area contributed by atoms with Crippen molar-refractivity contribution in [3.8, 4) is 0 Å². The predicted octanol–water partition coefficient (Wildman–Crippen LogP) is 3.22. The zero-order valence-corrected chi connectivity index (χ0v) is 14.1. The number of aryl methyl sites for hydroxylation is 1. The van der Waals surface area contributed by atoms with E-state index in [1.165, 1.54) is 17.7 Å². The summed E-state index contributed by atoms with van der Waals surface area (Å²) in [5.74, 6) is -0.632. The number of rotatable bonds is 7. The molecule has 25 heavy (non-hydrogen) atoms. The lowest BCUT2D eigenvalue weighted by molar-refractivity contribution is -0.115. The van der Waals surface area contributed by atoms with Crippen LogP contribution in [-0.2, 0) is 17.8 Å². The zero-order chi connectivity index (χ0) is 18.1. The van der Waals surface area contributed by atoms with Gasteiger partial charge in [-0.2, -0.15) is 0 Å². The molecule has 0 spiro atoms. The van der Waals surface area contributed by atoms with Crippen LogP contribution in [0.3, 0.4) is 0 Å². The average Bonchev–Trinajstić information content (AvgIpc) is 2.61. The maximum absolute atomic E-state index is 12.8. The molecule has 6 heteroatoms. The summed E-state index contributed by atoms with van der Waals surface area (Å²) in [7, 11) is 0. The highest BCUT2D eigenvalue weighted by atomic mass is 19.1. The lowest BCUT2D eigenvalue weighted by atomic mass is 10.1. The molecule has 0 radical (unpaired) electrons. The Labute approximate surface area is 146 Å². The van der Waals surface area contributed by atoms with E-state index in [1.807, 2.05) is 24.3 Å². The maximum Gasteiger partial charge on any atom is 0.315 e. The summed E-state index contributed by atoms with van der Waals surface area (Å²) < 4.78 is 12.8. The van der Waals surface area contributed by atoms with Crippen molar-refractivity contribution < 1.29 is 14.0 Å². The number of hydrogen-bond acceptors (Lipinski definition) is 2. The number of amides is 3. The van der Waals surface area contributed by atoms with Crippen LogP contribution in [0.15, 0.2) is 48.5 Å². The average molecular weight is 343 g/mol. The Morgan fingerprint density at radius 2 is 1.56 bits per heavy atom. The van der Waals surface area contributed by atoms with Gasteiger partial charge in [-0.3, -0.25) is 4.79 Å². The van der Waals surface area contributed by atoms with Gasteiger partial charge in [0, 0.05) is 12.2 Å². The standard InChI is InChI=1S/C19H22FN3O2/c1-2-3-14-6-10-17(11-7-14)23-18(24)13-22-19(25)21-12-15-4-8-16(20)9-5-15/h4-11H,2-3,12-13H2,1H3,(H,23,24)(H2,21,22,25). The molecule has 0 heterocycles. The van der Waals surface area contributed by atoms with Crippen LogP contribution >= 0.6 is 0 Å². The van der Waals surface area contributed by atoms with E-state index < -0.39 is 6.03 Å². The SMILES string of the molecule is CCCc1ccc(NC(=O)CNC(=O)NCc2ccc(F)cc2)cc1. The number of hydrogen-bond donors (Lipinski definition) is 3. The Bertz CT molecular complexity index is 700. The van der Waals surface area contributed by atoms with Gasteiger partial charge in [-0.05, 0) is 41.8 Å². The second-order valence-corrected chi connectivity index (χ2v) is 5.66. The van der Waals surface area contributed by atoms with Crippen LogP contribution in [-0.4, -0.2) is 18.5 Å². The second kappa shape index (κ2) is 9.42. The minimum absolute atomic E-state index is 0.133. The van der Waals surface area contributed by atoms with E-state index in [-0.39, 0.29) is 24.8 Å². The first-order valence-corrected chi connectivity index (χ1v) is 8.21. The largest absolute Gasteiger partial charge is 0.334 e. The summed E-state index contributed by atoms with van der Waals surface area (Å²) in [6.07, 6.45) is 2.08. The van der Waals surface area contributed by atoms with Crippen LogP contribution in [0.25, 0.3) is 0 Å². The quantitative estimate of drug-likeness (QED) is 0.722. The van der Waals surface area contributed by atoms with Crippen molar-refractivity contribution in [1.29, 1.82) is 0 Å². The zero-order valence-electron chi connectivity index (χ0n) is 14.1. The van der Waals surface area contributed by atoms with Gasteiger partial charge in [-0.15, -0.1) is 0 Å². The van der Waals surface area contributed by atoms with Crippen molar-refractivity contribution >= 4 is 17.6 Å². The van der Waals surface area contributed by atoms with Crippen LogP contribution < -0.4 is 16.0 Å². The van der Waals surface area contributed by atoms with Crippen molar-refractivity contribution in [1.82, 2.24) is 10.6 Å². The van der Waals surface area contributed by atoms with Crippen LogP contribution in [0.5, 0.6) is 0 Å². The van der Waals surface area contributed by atoms with Gasteiger partial charge in [0.05, 0.1) is 6.54 Å². The van der Waals surface area contributed by atoms with Crippen molar-refractivity contribution in [3.05, 3.63) is 65.5 Å². The summed E-state index contributed by atoms with van der Waals surface area (Å²) in [4.78, 5) is 23.5. The van der Waals surface area contributed by atoms with Crippen molar-refractivity contribution in [2.75, 3.05) is 11.9 Å². The highest BCUT2D eigenvalue weighted by Crippen LogP contribution is 2.10. The van der Waals surface area contributed by atoms with Gasteiger partial charge in [-0.25, -0.2) is 9.18 Å². The molecule has 3 N–H and O–H groups in total. The van der Waals surface area contributed by atoms with E-state index in [9.17, 15) is 14.0 Å². The highest BCUT2D eigenvalue weighted by Gasteiger charge is 2.06. The van der Waals surface area contributed by atoms with Gasteiger partial charge in [0.25, 0.3) is 0 Å². The molecule has 2 aromatic carbocycles. The summed E-state index contributed by atoms with van der Waals surface area (Å²) in [6.45, 7) is 2.24. The first-order valence-electron chi connectivity index (χ1n) is 8.21. The van der Waals surface area contributed by atoms with E-state index in [1.54, 1.807) is 12.1 Å². The Balaban J connectivity index is 1.69. The Kier molecular flexibility index (Phi) is 6.95. The predicted molar refractivity (Wildman–Crippen MR) is 95.7 cm³/mol. The molecular weight excluding hydrogens is 321 g/mol. The van der Waals surface area contributed by atoms with Crippen molar-refractivity contribution in [3.63, 3.8) is 0 Å². The van der Waals surface area contributed by atoms with Crippen molar-refractivity contribution in [2.45, 2.75) is 26.3 Å². The minimum atomic E-state index is -0.460. The lowest BCUT2D eigenvalue weighted by Gasteiger charge is -2.09. The van der Waals surface area contributed by atoms with Crippen molar-refractivity contribution in [2.24, 2.45) is 0 Å². The second-order valence-electron chi connectivity index (χ2n) is 5.66. The normalized spacial score (nSPS) is 10.2. The number of urea groups is 1. The molecule has 0 bridgehead atoms. The molecule has 2 aromatic rings. The summed E-state index contributed by atoms with van der Waals surface area (Å²) >= 11 is 0. The summed E-state index contributed by atoms with van der Waals surface area (Å²) in [5.41, 5.74) is 2.69. The van der Waals surface area contributed by atoms with Gasteiger partial charge >= 0.3 is 6.03 Å². The van der Waals surface area contributed by atoms with Gasteiger partial charge in [0.2, 0.25) is 5.91 Å². The molecule has 0 unspecified atom stereocenters. The molecule has 0 fully saturated rings. The van der Waals surface area contributed by atoms with Crippen LogP contribution in [0, 0.1) is 5.82 Å². The Morgan fingerprint density at radius 1 is 0.920 bits per heavy atom. The molecule has 5 nitrogen and oxygen atoms in total. The molecule has 0 aromatic heterocycles. The molecule has 0 saturated carbocycles. The third kappa shape index (κ3) is 6.63. The molecule has 3 amide bonds. The first-order chi connectivity index (χ1) is 12.1. The third-order valence-electron chi connectivity index (χ3n) is 3.55. The minimum Gasteiger partial charge on any atom is -0.334 e. The monoisotopic (exact) mass is 343 g/mol. The summed E-state index contributed by atoms with van der Waals surface area (Å²) in [5, 5.41) is 7.81. The van der Waals surface area contributed by atoms with Crippen LogP contribution in [0.1, 0.15) is 24.5 Å². The fourth-order valence-corrected chi connectivity index (χ4v) is 2.26. The van der Waals surface area contributed by atoms with E-state index in [0.717, 1.165) is 18.4 Å². The number of halogens is 1. The fourth-order valence-electron chi connectivity index (χ4n) is 2.26. The van der Waals surface area contributed by atoms with E-state index in [0.29, 0.717) is 5.69 Å². The van der Waals surface area contributed by atoms with Gasteiger partial charge in [0.15, 0.2) is 0 Å². The number of anilines is 1. The van der Waals surface area contributed by atoms with E-state index >= 15 is 0 Å². The topological polar surface area (TPSA) is 70.2 Å². The van der Waals surface area contributed by atoms with E-state index in [2.05, 4.69) is 22.9 Å². The van der Waals surface area contributed by atoms with Crippen LogP contribution in [0.4, 0.5) is 14.9 Å². The summed E-state index contributed by atoms with van der Waals surface area (Å²) in [6, 6.07) is 13.0. The number of carbonyl (C=O) groups is 2. The van der Waals surface area contributed by atoms with Gasteiger partial charge in [0.1, 0.15) is 5.82 Å². The van der Waals surface area contributed by atoms with E-state index in [4.69, 9.17) is 0 Å². The molecule has 0 aliphatic heterocycles. The van der Waals surface area contributed by atoms with Gasteiger partial charge < -0.3 is 16.0 Å². The maximum atomic E-state index is 12.8. The molecule has 132 valence electrons. The smallest absolute Gasteiger partial charge is 0.315 e. The highest BCUT2D eigenvalue weighted by molar-refractivity contribution is 5.94. The Morgan fingerprint density at radius 3 is 2.20 bits per heavy atom. The van der Waals surface area contributed by atoms with Gasteiger partial charge in [-0.1, -0.05) is 37.6 Å². The number of benzene rings is 2. The molecule has 0 saturated heterocycles. The number of carbonyl (C=O) groups excluding carboxylic acids is 2. The third-order valence-corrected chi connectivity index (χ3v) is 3.55. The Hall–Kier alpha value is -2.89. The number of nitrogens with one attached hydrogen (secondary N) is 3. The molecule has 0 atom stereocenters. The molecule has 0 aliphatic carbocycles. The van der Waals surface area contributed by atoms with Crippen LogP contribution in [0.2, 0.25) is 0 Å².